The first-order valence-corrected chi connectivity index (χ1v) is 6.88. The Bertz CT molecular complexity index is 826. The monoisotopic (exact) mass is 309 g/mol. The molecule has 0 aliphatic rings. The van der Waals surface area contributed by atoms with Crippen LogP contribution in [0.5, 0.6) is 0 Å². The smallest absolute Gasteiger partial charge is 0.260 e. The molecule has 0 bridgehead atoms. The molecule has 0 atom stereocenters. The van der Waals surface area contributed by atoms with Crippen molar-refractivity contribution in [3.63, 3.8) is 0 Å². The highest BCUT2D eigenvalue weighted by Crippen LogP contribution is 2.08. The van der Waals surface area contributed by atoms with Gasteiger partial charge in [0.1, 0.15) is 5.56 Å². The van der Waals surface area contributed by atoms with E-state index in [-0.39, 0.29) is 18.0 Å². The number of pyridine rings is 1. The number of anilines is 1. The van der Waals surface area contributed by atoms with Crippen molar-refractivity contribution in [1.82, 2.24) is 10.3 Å². The second kappa shape index (κ2) is 7.61. The molecular weight excluding hydrogens is 294 g/mol. The van der Waals surface area contributed by atoms with Crippen molar-refractivity contribution in [1.29, 1.82) is 0 Å². The highest BCUT2D eigenvalue weighted by Gasteiger charge is 2.07. The molecule has 116 valence electrons. The van der Waals surface area contributed by atoms with Crippen LogP contribution in [0.1, 0.15) is 22.8 Å². The van der Waals surface area contributed by atoms with Crippen molar-refractivity contribution in [3.8, 4) is 11.8 Å². The van der Waals surface area contributed by atoms with E-state index in [2.05, 4.69) is 27.5 Å². The summed E-state index contributed by atoms with van der Waals surface area (Å²) in [5, 5.41) is 5.22. The topological polar surface area (TPSA) is 91.1 Å². The van der Waals surface area contributed by atoms with E-state index in [0.29, 0.717) is 5.69 Å². The molecule has 2 amide bonds. The third-order valence-electron chi connectivity index (χ3n) is 2.84. The Kier molecular flexibility index (Phi) is 5.31. The molecule has 1 heterocycles. The minimum atomic E-state index is -0.470. The van der Waals surface area contributed by atoms with E-state index >= 15 is 0 Å². The molecule has 2 aromatic rings. The minimum absolute atomic E-state index is 0.0500. The third-order valence-corrected chi connectivity index (χ3v) is 2.84. The van der Waals surface area contributed by atoms with Crippen LogP contribution in [0, 0.1) is 11.8 Å². The standard InChI is InChI=1S/C17H15N3O3/c1-12(21)20-14-8-6-13(7-9-14)4-2-10-18-16(22)15-5-3-11-19-17(15)23/h3,5-9,11H,10H2,1H3,(H,18,22)(H,19,23)(H,20,21). The van der Waals surface area contributed by atoms with Crippen molar-refractivity contribution >= 4 is 17.5 Å². The molecule has 3 N–H and O–H groups in total. The van der Waals surface area contributed by atoms with E-state index in [9.17, 15) is 14.4 Å². The van der Waals surface area contributed by atoms with Gasteiger partial charge in [0.05, 0.1) is 6.54 Å². The summed E-state index contributed by atoms with van der Waals surface area (Å²) in [6, 6.07) is 10.0. The fourth-order valence-corrected chi connectivity index (χ4v) is 1.81. The van der Waals surface area contributed by atoms with Gasteiger partial charge in [-0.1, -0.05) is 11.8 Å². The van der Waals surface area contributed by atoms with E-state index in [1.54, 1.807) is 30.3 Å². The molecule has 2 rings (SSSR count). The van der Waals surface area contributed by atoms with Crippen molar-refractivity contribution < 1.29 is 9.59 Å². The third kappa shape index (κ3) is 4.86. The minimum Gasteiger partial charge on any atom is -0.341 e. The van der Waals surface area contributed by atoms with Crippen LogP contribution in [-0.4, -0.2) is 23.3 Å². The van der Waals surface area contributed by atoms with E-state index in [1.807, 2.05) is 0 Å². The van der Waals surface area contributed by atoms with E-state index in [1.165, 1.54) is 19.2 Å². The number of rotatable bonds is 3. The first-order valence-electron chi connectivity index (χ1n) is 6.88. The van der Waals surface area contributed by atoms with Crippen LogP contribution in [-0.2, 0) is 4.79 Å². The zero-order valence-corrected chi connectivity index (χ0v) is 12.5. The van der Waals surface area contributed by atoms with Gasteiger partial charge in [-0.3, -0.25) is 14.4 Å². The maximum absolute atomic E-state index is 11.8. The molecule has 6 nitrogen and oxygen atoms in total. The zero-order chi connectivity index (χ0) is 16.7. The lowest BCUT2D eigenvalue weighted by molar-refractivity contribution is -0.114. The number of aromatic amines is 1. The first-order chi connectivity index (χ1) is 11.1. The molecule has 0 saturated carbocycles. The summed E-state index contributed by atoms with van der Waals surface area (Å²) in [5.41, 5.74) is 1.06. The van der Waals surface area contributed by atoms with Crippen LogP contribution >= 0.6 is 0 Å². The lowest BCUT2D eigenvalue weighted by Gasteiger charge is -2.01. The Labute approximate surface area is 132 Å². The quantitative estimate of drug-likeness (QED) is 0.742. The van der Waals surface area contributed by atoms with Crippen molar-refractivity contribution in [2.75, 3.05) is 11.9 Å². The maximum atomic E-state index is 11.8. The van der Waals surface area contributed by atoms with Crippen LogP contribution in [0.15, 0.2) is 47.4 Å². The van der Waals surface area contributed by atoms with Gasteiger partial charge in [-0.25, -0.2) is 0 Å². The predicted molar refractivity (Wildman–Crippen MR) is 87.0 cm³/mol. The number of H-pyrrole nitrogens is 1. The number of aromatic nitrogens is 1. The summed E-state index contributed by atoms with van der Waals surface area (Å²) in [4.78, 5) is 36.6. The molecule has 1 aromatic heterocycles. The number of amides is 2. The summed E-state index contributed by atoms with van der Waals surface area (Å²) < 4.78 is 0. The second-order valence-corrected chi connectivity index (χ2v) is 4.66. The molecule has 6 heteroatoms. The Balaban J connectivity index is 1.91. The number of nitrogens with one attached hydrogen (secondary N) is 3. The molecule has 0 saturated heterocycles. The van der Waals surface area contributed by atoms with E-state index < -0.39 is 11.5 Å². The fourth-order valence-electron chi connectivity index (χ4n) is 1.81. The van der Waals surface area contributed by atoms with Crippen molar-refractivity contribution in [2.24, 2.45) is 0 Å². The largest absolute Gasteiger partial charge is 0.341 e. The van der Waals surface area contributed by atoms with Gasteiger partial charge in [-0.2, -0.15) is 0 Å². The SMILES string of the molecule is CC(=O)Nc1ccc(C#CCNC(=O)c2ccc[nH]c2=O)cc1. The van der Waals surface area contributed by atoms with Gasteiger partial charge in [-0.15, -0.1) is 0 Å². The normalized spacial score (nSPS) is 9.43. The number of hydrogen-bond donors (Lipinski definition) is 3. The average Bonchev–Trinajstić information content (AvgIpc) is 2.53. The lowest BCUT2D eigenvalue weighted by atomic mass is 10.2. The highest BCUT2D eigenvalue weighted by atomic mass is 16.2. The summed E-state index contributed by atoms with van der Waals surface area (Å²) in [6.45, 7) is 1.56. The molecule has 23 heavy (non-hydrogen) atoms. The first kappa shape index (κ1) is 16.0. The summed E-state index contributed by atoms with van der Waals surface area (Å²) in [6.07, 6.45) is 1.46. The summed E-state index contributed by atoms with van der Waals surface area (Å²) in [5.74, 6) is 5.08. The van der Waals surface area contributed by atoms with E-state index in [4.69, 9.17) is 0 Å². The van der Waals surface area contributed by atoms with Crippen LogP contribution in [0.3, 0.4) is 0 Å². The molecule has 0 fully saturated rings. The average molecular weight is 309 g/mol. The number of hydrogen-bond acceptors (Lipinski definition) is 3. The molecule has 0 spiro atoms. The number of carbonyl (C=O) groups is 2. The molecule has 0 aliphatic carbocycles. The summed E-state index contributed by atoms with van der Waals surface area (Å²) in [7, 11) is 0. The fraction of sp³-hybridized carbons (Fsp3) is 0.118. The van der Waals surface area contributed by atoms with Gasteiger partial charge in [0.25, 0.3) is 11.5 Å². The van der Waals surface area contributed by atoms with Gasteiger partial charge in [0, 0.05) is 24.4 Å². The van der Waals surface area contributed by atoms with Crippen molar-refractivity contribution in [2.45, 2.75) is 6.92 Å². The predicted octanol–water partition coefficient (Wildman–Crippen LogP) is 1.11. The molecule has 1 aromatic carbocycles. The Morgan fingerprint density at radius 1 is 1.17 bits per heavy atom. The van der Waals surface area contributed by atoms with Crippen molar-refractivity contribution in [3.05, 3.63) is 64.1 Å². The Morgan fingerprint density at radius 2 is 1.91 bits per heavy atom. The Morgan fingerprint density at radius 3 is 2.57 bits per heavy atom. The maximum Gasteiger partial charge on any atom is 0.260 e. The van der Waals surface area contributed by atoms with Gasteiger partial charge >= 0.3 is 0 Å². The van der Waals surface area contributed by atoms with E-state index in [0.717, 1.165) is 5.56 Å². The molecule has 0 radical (unpaired) electrons. The van der Waals surface area contributed by atoms with Gasteiger partial charge in [0.2, 0.25) is 5.91 Å². The Hall–Kier alpha value is -3.33. The molecule has 0 unspecified atom stereocenters. The van der Waals surface area contributed by atoms with Gasteiger partial charge in [0.15, 0.2) is 0 Å². The molecule has 0 aliphatic heterocycles. The molecular formula is C17H15N3O3. The number of carbonyl (C=O) groups excluding carboxylic acids is 2. The second-order valence-electron chi connectivity index (χ2n) is 4.66. The van der Waals surface area contributed by atoms with Crippen LogP contribution < -0.4 is 16.2 Å². The zero-order valence-electron chi connectivity index (χ0n) is 12.5. The van der Waals surface area contributed by atoms with Gasteiger partial charge < -0.3 is 15.6 Å². The van der Waals surface area contributed by atoms with Crippen LogP contribution in [0.25, 0.3) is 0 Å². The van der Waals surface area contributed by atoms with Gasteiger partial charge in [-0.05, 0) is 36.4 Å². The highest BCUT2D eigenvalue weighted by molar-refractivity contribution is 5.93. The van der Waals surface area contributed by atoms with Crippen LogP contribution in [0.2, 0.25) is 0 Å². The lowest BCUT2D eigenvalue weighted by Crippen LogP contribution is -2.29. The van der Waals surface area contributed by atoms with Crippen LogP contribution in [0.4, 0.5) is 5.69 Å². The number of benzene rings is 1. The summed E-state index contributed by atoms with van der Waals surface area (Å²) >= 11 is 0.